The highest BCUT2D eigenvalue weighted by Crippen LogP contribution is 2.32. The van der Waals surface area contributed by atoms with Crippen LogP contribution in [0.4, 0.5) is 13.2 Å². The van der Waals surface area contributed by atoms with E-state index in [1.807, 2.05) is 12.1 Å². The van der Waals surface area contributed by atoms with Crippen LogP contribution in [-0.4, -0.2) is 27.8 Å². The van der Waals surface area contributed by atoms with Crippen molar-refractivity contribution in [2.45, 2.75) is 36.5 Å². The Bertz CT molecular complexity index is 1120. The molecule has 33 heavy (non-hydrogen) atoms. The van der Waals surface area contributed by atoms with Gasteiger partial charge < -0.3 is 10.1 Å². The summed E-state index contributed by atoms with van der Waals surface area (Å²) in [5.41, 5.74) is 0.522. The van der Waals surface area contributed by atoms with E-state index in [1.54, 1.807) is 36.0 Å². The number of carbonyl (C=O) groups excluding carboxylic acids is 1. The monoisotopic (exact) mass is 476 g/mol. The van der Waals surface area contributed by atoms with Gasteiger partial charge in [-0.3, -0.25) is 9.36 Å². The molecule has 0 aliphatic heterocycles. The van der Waals surface area contributed by atoms with Crippen molar-refractivity contribution in [2.75, 3.05) is 7.11 Å². The molecular weight excluding hydrogens is 453 g/mol. The van der Waals surface area contributed by atoms with Crippen molar-refractivity contribution in [2.24, 2.45) is 0 Å². The van der Waals surface area contributed by atoms with Gasteiger partial charge in [0.2, 0.25) is 5.91 Å². The van der Waals surface area contributed by atoms with Gasteiger partial charge in [0.1, 0.15) is 5.75 Å². The third kappa shape index (κ3) is 6.61. The summed E-state index contributed by atoms with van der Waals surface area (Å²) in [6, 6.07) is 12.4. The predicted octanol–water partition coefficient (Wildman–Crippen LogP) is 5.17. The maximum atomic E-state index is 13.0. The number of halogens is 3. The normalized spacial score (nSPS) is 11.3. The van der Waals surface area contributed by atoms with Crippen molar-refractivity contribution < 1.29 is 22.7 Å². The SMILES string of the molecule is C=CCCC(=O)NCc1nnc(SCc2cccc(C(F)(F)F)c2)n1-c1cccc(OC)c1. The summed E-state index contributed by atoms with van der Waals surface area (Å²) >= 11 is 1.25. The fourth-order valence-electron chi connectivity index (χ4n) is 3.00. The summed E-state index contributed by atoms with van der Waals surface area (Å²) in [5.74, 6) is 1.23. The Labute approximate surface area is 193 Å². The summed E-state index contributed by atoms with van der Waals surface area (Å²) in [6.07, 6.45) is -1.86. The number of rotatable bonds is 10. The number of ether oxygens (including phenoxy) is 1. The lowest BCUT2D eigenvalue weighted by Gasteiger charge is -2.12. The summed E-state index contributed by atoms with van der Waals surface area (Å²) < 4.78 is 46.2. The standard InChI is InChI=1S/C23H23F3N4O2S/c1-3-4-11-21(31)27-14-20-28-29-22(30(20)18-9-6-10-19(13-18)32-2)33-15-16-7-5-8-17(12-16)23(24,25)26/h3,5-10,12-13H,1,4,11,14-15H2,2H3,(H,27,31). The molecule has 2 aromatic carbocycles. The number of benzene rings is 2. The van der Waals surface area contributed by atoms with Gasteiger partial charge in [-0.25, -0.2) is 0 Å². The molecule has 0 unspecified atom stereocenters. The van der Waals surface area contributed by atoms with Crippen LogP contribution in [0.15, 0.2) is 66.3 Å². The second-order valence-electron chi connectivity index (χ2n) is 7.03. The minimum atomic E-state index is -4.40. The predicted molar refractivity (Wildman–Crippen MR) is 120 cm³/mol. The molecule has 10 heteroatoms. The summed E-state index contributed by atoms with van der Waals surface area (Å²) in [6.45, 7) is 3.75. The Morgan fingerprint density at radius 2 is 2.00 bits per heavy atom. The highest BCUT2D eigenvalue weighted by Gasteiger charge is 2.30. The number of amides is 1. The summed E-state index contributed by atoms with van der Waals surface area (Å²) in [7, 11) is 1.55. The average molecular weight is 477 g/mol. The molecule has 0 saturated carbocycles. The molecule has 1 amide bonds. The fourth-order valence-corrected chi connectivity index (χ4v) is 3.92. The van der Waals surface area contributed by atoms with Gasteiger partial charge in [0.05, 0.1) is 24.9 Å². The number of hydrogen-bond acceptors (Lipinski definition) is 5. The first-order valence-electron chi connectivity index (χ1n) is 10.1. The number of nitrogens with one attached hydrogen (secondary N) is 1. The van der Waals surface area contributed by atoms with Crippen LogP contribution < -0.4 is 10.1 Å². The minimum Gasteiger partial charge on any atom is -0.497 e. The molecule has 6 nitrogen and oxygen atoms in total. The molecule has 0 radical (unpaired) electrons. The lowest BCUT2D eigenvalue weighted by molar-refractivity contribution is -0.137. The fraction of sp³-hybridized carbons (Fsp3) is 0.261. The zero-order valence-corrected chi connectivity index (χ0v) is 18.7. The molecule has 0 aliphatic rings. The van der Waals surface area contributed by atoms with E-state index < -0.39 is 11.7 Å². The molecule has 3 aromatic rings. The van der Waals surface area contributed by atoms with Crippen molar-refractivity contribution in [1.29, 1.82) is 0 Å². The molecule has 0 fully saturated rings. The first-order valence-corrected chi connectivity index (χ1v) is 11.1. The Morgan fingerprint density at radius 1 is 1.21 bits per heavy atom. The molecule has 0 aliphatic carbocycles. The van der Waals surface area contributed by atoms with Gasteiger partial charge in [-0.1, -0.05) is 42.1 Å². The highest BCUT2D eigenvalue weighted by atomic mass is 32.2. The van der Waals surface area contributed by atoms with Gasteiger partial charge in [-0.2, -0.15) is 13.2 Å². The molecule has 0 bridgehead atoms. The Hall–Kier alpha value is -3.27. The van der Waals surface area contributed by atoms with Crippen molar-refractivity contribution in [3.63, 3.8) is 0 Å². The van der Waals surface area contributed by atoms with Crippen LogP contribution in [0.5, 0.6) is 5.75 Å². The van der Waals surface area contributed by atoms with Crippen molar-refractivity contribution >= 4 is 17.7 Å². The number of thioether (sulfide) groups is 1. The van der Waals surface area contributed by atoms with E-state index in [1.165, 1.54) is 17.8 Å². The number of allylic oxidation sites excluding steroid dienone is 1. The molecule has 0 atom stereocenters. The second kappa shape index (κ2) is 11.0. The first kappa shape index (κ1) is 24.4. The smallest absolute Gasteiger partial charge is 0.416 e. The third-order valence-electron chi connectivity index (χ3n) is 4.65. The van der Waals surface area contributed by atoms with Crippen LogP contribution in [0, 0.1) is 0 Å². The minimum absolute atomic E-state index is 0.143. The van der Waals surface area contributed by atoms with Crippen LogP contribution in [0.2, 0.25) is 0 Å². The molecular formula is C23H23F3N4O2S. The number of alkyl halides is 3. The Kier molecular flexibility index (Phi) is 8.16. The van der Waals surface area contributed by atoms with Crippen LogP contribution >= 0.6 is 11.8 Å². The molecule has 1 aromatic heterocycles. The van der Waals surface area contributed by atoms with E-state index >= 15 is 0 Å². The highest BCUT2D eigenvalue weighted by molar-refractivity contribution is 7.98. The first-order chi connectivity index (χ1) is 15.8. The number of aromatic nitrogens is 3. The Balaban J connectivity index is 1.85. The Morgan fingerprint density at radius 3 is 2.73 bits per heavy atom. The van der Waals surface area contributed by atoms with E-state index in [0.717, 1.165) is 12.1 Å². The zero-order chi connectivity index (χ0) is 23.8. The number of nitrogens with zero attached hydrogens (tertiary/aromatic N) is 3. The van der Waals surface area contributed by atoms with Crippen molar-refractivity contribution in [3.05, 3.63) is 78.1 Å². The van der Waals surface area contributed by atoms with Crippen LogP contribution in [0.1, 0.15) is 29.8 Å². The van der Waals surface area contributed by atoms with Gasteiger partial charge in [0.25, 0.3) is 0 Å². The molecule has 0 saturated heterocycles. The molecule has 3 rings (SSSR count). The molecule has 1 N–H and O–H groups in total. The van der Waals surface area contributed by atoms with E-state index in [4.69, 9.17) is 4.74 Å². The van der Waals surface area contributed by atoms with E-state index in [-0.39, 0.29) is 18.2 Å². The summed E-state index contributed by atoms with van der Waals surface area (Å²) in [5, 5.41) is 11.7. The van der Waals surface area contributed by atoms with Gasteiger partial charge in [0, 0.05) is 18.2 Å². The molecule has 1 heterocycles. The number of carbonyl (C=O) groups is 1. The topological polar surface area (TPSA) is 69.0 Å². The van der Waals surface area contributed by atoms with Crippen molar-refractivity contribution in [3.8, 4) is 11.4 Å². The number of hydrogen-bond donors (Lipinski definition) is 1. The maximum absolute atomic E-state index is 13.0. The summed E-state index contributed by atoms with van der Waals surface area (Å²) in [4.78, 5) is 12.0. The third-order valence-corrected chi connectivity index (χ3v) is 5.65. The lowest BCUT2D eigenvalue weighted by Crippen LogP contribution is -2.24. The zero-order valence-electron chi connectivity index (χ0n) is 17.9. The van der Waals surface area contributed by atoms with Gasteiger partial charge >= 0.3 is 6.18 Å². The van der Waals surface area contributed by atoms with Gasteiger partial charge in [-0.05, 0) is 30.2 Å². The van der Waals surface area contributed by atoms with Gasteiger partial charge in [-0.15, -0.1) is 16.8 Å². The molecule has 174 valence electrons. The maximum Gasteiger partial charge on any atom is 0.416 e. The largest absolute Gasteiger partial charge is 0.497 e. The van der Waals surface area contributed by atoms with Crippen LogP contribution in [-0.2, 0) is 23.3 Å². The average Bonchev–Trinajstić information content (AvgIpc) is 3.22. The van der Waals surface area contributed by atoms with Crippen LogP contribution in [0.3, 0.4) is 0 Å². The van der Waals surface area contributed by atoms with Crippen LogP contribution in [0.25, 0.3) is 5.69 Å². The second-order valence-corrected chi connectivity index (χ2v) is 7.97. The van der Waals surface area contributed by atoms with E-state index in [9.17, 15) is 18.0 Å². The van der Waals surface area contributed by atoms with E-state index in [0.29, 0.717) is 40.8 Å². The number of methoxy groups -OCH3 is 1. The quantitative estimate of drug-likeness (QED) is 0.323. The lowest BCUT2D eigenvalue weighted by atomic mass is 10.1. The van der Waals surface area contributed by atoms with Gasteiger partial charge in [0.15, 0.2) is 11.0 Å². The van der Waals surface area contributed by atoms with Crippen molar-refractivity contribution in [1.82, 2.24) is 20.1 Å². The molecule has 0 spiro atoms. The van der Waals surface area contributed by atoms with E-state index in [2.05, 4.69) is 22.1 Å².